The number of nitrogens with zero attached hydrogens (tertiary/aromatic N) is 2. The number of methoxy groups -OCH3 is 4. The molecule has 0 amide bonds. The fraction of sp³-hybridized carbons (Fsp3) is 0.467. The van der Waals surface area contributed by atoms with Gasteiger partial charge >= 0.3 is 11.9 Å². The molecule has 0 unspecified atom stereocenters. The lowest BCUT2D eigenvalue weighted by Gasteiger charge is -2.33. The van der Waals surface area contributed by atoms with Crippen molar-refractivity contribution >= 4 is 23.7 Å². The average Bonchev–Trinajstić information content (AvgIpc) is 3.56. The van der Waals surface area contributed by atoms with Crippen LogP contribution in [0.15, 0.2) is 58.5 Å². The van der Waals surface area contributed by atoms with Crippen LogP contribution in [0.1, 0.15) is 38.8 Å². The molecule has 2 aliphatic heterocycles. The van der Waals surface area contributed by atoms with Crippen LogP contribution in [0.2, 0.25) is 0 Å². The van der Waals surface area contributed by atoms with E-state index >= 15 is 0 Å². The topological polar surface area (TPSA) is 134 Å². The second-order valence-electron chi connectivity index (χ2n) is 9.87. The zero-order valence-corrected chi connectivity index (χ0v) is 24.6. The molecule has 0 spiro atoms. The Balaban J connectivity index is 0.000000232. The molecule has 0 radical (unpaired) electrons. The van der Waals surface area contributed by atoms with Gasteiger partial charge in [-0.15, -0.1) is 0 Å². The van der Waals surface area contributed by atoms with E-state index in [2.05, 4.69) is 14.7 Å². The van der Waals surface area contributed by atoms with Crippen LogP contribution >= 0.6 is 0 Å². The highest BCUT2D eigenvalue weighted by Crippen LogP contribution is 2.36. The first-order chi connectivity index (χ1) is 19.5. The van der Waals surface area contributed by atoms with Gasteiger partial charge in [-0.25, -0.2) is 19.6 Å². The highest BCUT2D eigenvalue weighted by Gasteiger charge is 2.57. The maximum Gasteiger partial charge on any atom is 0.340 e. The highest BCUT2D eigenvalue weighted by molar-refractivity contribution is 6.00. The number of esters is 2. The minimum Gasteiger partial charge on any atom is -0.497 e. The standard InChI is InChI=1S/C17H23NO5.C13H15NO4/c1-10(2)14(19)17(16(20)22-5)11(3)23-15(18-17)12-6-8-13(21-4)9-7-12;1-8-11(13(15)17-3)14-12(18-8)9-4-6-10(16-2)7-5-9/h6-11,14,19H,1-5H3;4-8,11H,1-3H3/t11-,14+,17+;8-,11+/m11/s1. The lowest BCUT2D eigenvalue weighted by Crippen LogP contribution is -2.56. The molecule has 222 valence electrons. The minimum absolute atomic E-state index is 0.181. The molecular weight excluding hydrogens is 532 g/mol. The van der Waals surface area contributed by atoms with Gasteiger partial charge in [0.05, 0.1) is 34.5 Å². The van der Waals surface area contributed by atoms with Gasteiger partial charge in [0, 0.05) is 11.1 Å². The number of carbonyl (C=O) groups excluding carboxylic acids is 2. The summed E-state index contributed by atoms with van der Waals surface area (Å²) >= 11 is 0. The van der Waals surface area contributed by atoms with E-state index < -0.39 is 29.8 Å². The lowest BCUT2D eigenvalue weighted by atomic mass is 9.82. The third-order valence-electron chi connectivity index (χ3n) is 6.90. The number of benzene rings is 2. The SMILES string of the molecule is COC(=O)[C@H]1N=C(c2ccc(OC)cc2)O[C@@H]1C.COC(=O)[C@]1([C@@H](O)C(C)C)N=C(c2ccc(OC)cc2)O[C@@H]1C. The molecule has 0 fully saturated rings. The molecule has 0 aromatic heterocycles. The van der Waals surface area contributed by atoms with Gasteiger partial charge in [0.25, 0.3) is 0 Å². The van der Waals surface area contributed by atoms with Crippen molar-refractivity contribution in [1.29, 1.82) is 0 Å². The highest BCUT2D eigenvalue weighted by atomic mass is 16.5. The van der Waals surface area contributed by atoms with Crippen LogP contribution in [0.3, 0.4) is 0 Å². The van der Waals surface area contributed by atoms with Crippen LogP contribution in [0.25, 0.3) is 0 Å². The van der Waals surface area contributed by atoms with E-state index in [0.717, 1.165) is 11.3 Å². The molecule has 1 N–H and O–H groups in total. The Hall–Kier alpha value is -4.12. The van der Waals surface area contributed by atoms with Gasteiger partial charge < -0.3 is 33.5 Å². The molecule has 2 aromatic carbocycles. The van der Waals surface area contributed by atoms with Crippen LogP contribution in [-0.4, -0.2) is 87.2 Å². The second-order valence-corrected chi connectivity index (χ2v) is 9.87. The van der Waals surface area contributed by atoms with Crippen molar-refractivity contribution in [2.45, 2.75) is 57.6 Å². The van der Waals surface area contributed by atoms with Gasteiger partial charge in [0.1, 0.15) is 23.7 Å². The first kappa shape index (κ1) is 31.4. The van der Waals surface area contributed by atoms with E-state index in [4.69, 9.17) is 23.7 Å². The molecule has 41 heavy (non-hydrogen) atoms. The first-order valence-corrected chi connectivity index (χ1v) is 13.2. The Morgan fingerprint density at radius 2 is 1.34 bits per heavy atom. The molecule has 11 nitrogen and oxygen atoms in total. The molecule has 2 heterocycles. The number of aliphatic hydroxyl groups is 1. The molecule has 4 rings (SSSR count). The van der Waals surface area contributed by atoms with E-state index in [1.807, 2.05) is 38.1 Å². The summed E-state index contributed by atoms with van der Waals surface area (Å²) in [5, 5.41) is 10.6. The van der Waals surface area contributed by atoms with E-state index in [1.54, 1.807) is 52.3 Å². The minimum atomic E-state index is -1.46. The van der Waals surface area contributed by atoms with Gasteiger partial charge in [-0.05, 0) is 68.3 Å². The Morgan fingerprint density at radius 1 is 0.829 bits per heavy atom. The average molecular weight is 571 g/mol. The zero-order valence-electron chi connectivity index (χ0n) is 24.6. The van der Waals surface area contributed by atoms with Gasteiger partial charge in [-0.1, -0.05) is 13.8 Å². The Kier molecular flexibility index (Phi) is 10.3. The summed E-state index contributed by atoms with van der Waals surface area (Å²) in [5.41, 5.74) is 0.0616. The van der Waals surface area contributed by atoms with Gasteiger partial charge in [-0.3, -0.25) is 0 Å². The van der Waals surface area contributed by atoms with Crippen molar-refractivity contribution in [1.82, 2.24) is 0 Å². The maximum absolute atomic E-state index is 12.4. The monoisotopic (exact) mass is 570 g/mol. The molecule has 2 aliphatic rings. The smallest absolute Gasteiger partial charge is 0.340 e. The van der Waals surface area contributed by atoms with E-state index in [-0.39, 0.29) is 18.0 Å². The van der Waals surface area contributed by atoms with Crippen molar-refractivity contribution in [2.75, 3.05) is 28.4 Å². The van der Waals surface area contributed by atoms with E-state index in [0.29, 0.717) is 23.1 Å². The summed E-state index contributed by atoms with van der Waals surface area (Å²) in [6.45, 7) is 7.15. The number of ether oxygens (including phenoxy) is 6. The summed E-state index contributed by atoms with van der Waals surface area (Å²) in [6.07, 6.45) is -1.96. The largest absolute Gasteiger partial charge is 0.497 e. The van der Waals surface area contributed by atoms with Crippen LogP contribution in [0.5, 0.6) is 11.5 Å². The number of aliphatic hydroxyl groups excluding tert-OH is 1. The quantitative estimate of drug-likeness (QED) is 0.475. The zero-order chi connectivity index (χ0) is 30.3. The summed E-state index contributed by atoms with van der Waals surface area (Å²) < 4.78 is 31.1. The summed E-state index contributed by atoms with van der Waals surface area (Å²) in [5.74, 6) is 1.07. The molecule has 0 saturated carbocycles. The summed E-state index contributed by atoms with van der Waals surface area (Å²) in [6, 6.07) is 13.9. The lowest BCUT2D eigenvalue weighted by molar-refractivity contribution is -0.157. The first-order valence-electron chi connectivity index (χ1n) is 13.2. The maximum atomic E-state index is 12.4. The fourth-order valence-corrected chi connectivity index (χ4v) is 4.46. The van der Waals surface area contributed by atoms with Crippen LogP contribution in [0.4, 0.5) is 0 Å². The normalized spacial score (nSPS) is 23.6. The number of aliphatic imine (C=N–C) groups is 2. The second kappa shape index (κ2) is 13.5. The molecule has 11 heteroatoms. The van der Waals surface area contributed by atoms with Crippen LogP contribution < -0.4 is 9.47 Å². The van der Waals surface area contributed by atoms with Crippen molar-refractivity contribution in [2.24, 2.45) is 15.9 Å². The van der Waals surface area contributed by atoms with Crippen molar-refractivity contribution in [3.63, 3.8) is 0 Å². The van der Waals surface area contributed by atoms with Crippen molar-refractivity contribution in [3.8, 4) is 11.5 Å². The van der Waals surface area contributed by atoms with Gasteiger partial charge in [0.15, 0.2) is 6.04 Å². The number of hydrogen-bond acceptors (Lipinski definition) is 11. The molecule has 0 bridgehead atoms. The Morgan fingerprint density at radius 3 is 1.78 bits per heavy atom. The molecule has 0 saturated heterocycles. The molecule has 5 atom stereocenters. The fourth-order valence-electron chi connectivity index (χ4n) is 4.46. The molecule has 2 aromatic rings. The van der Waals surface area contributed by atoms with E-state index in [9.17, 15) is 14.7 Å². The molecule has 0 aliphatic carbocycles. The predicted octanol–water partition coefficient (Wildman–Crippen LogP) is 3.19. The van der Waals surface area contributed by atoms with Gasteiger partial charge in [0.2, 0.25) is 17.3 Å². The predicted molar refractivity (Wildman–Crippen MR) is 152 cm³/mol. The van der Waals surface area contributed by atoms with Crippen molar-refractivity contribution < 1.29 is 43.1 Å². The summed E-state index contributed by atoms with van der Waals surface area (Å²) in [7, 11) is 5.82. The third-order valence-corrected chi connectivity index (χ3v) is 6.90. The third kappa shape index (κ3) is 6.62. The van der Waals surface area contributed by atoms with Crippen molar-refractivity contribution in [3.05, 3.63) is 59.7 Å². The van der Waals surface area contributed by atoms with E-state index in [1.165, 1.54) is 14.2 Å². The van der Waals surface area contributed by atoms with Crippen LogP contribution in [0, 0.1) is 5.92 Å². The van der Waals surface area contributed by atoms with Crippen LogP contribution in [-0.2, 0) is 28.5 Å². The Bertz CT molecular complexity index is 1260. The summed E-state index contributed by atoms with van der Waals surface area (Å²) in [4.78, 5) is 32.5. The number of carbonyl (C=O) groups is 2. The Labute approximate surface area is 240 Å². The molecular formula is C30H38N2O9. The number of hydrogen-bond donors (Lipinski definition) is 1. The number of rotatable bonds is 8. The van der Waals surface area contributed by atoms with Gasteiger partial charge in [-0.2, -0.15) is 0 Å².